The highest BCUT2D eigenvalue weighted by Crippen LogP contribution is 2.39. The Morgan fingerprint density at radius 2 is 1.94 bits per heavy atom. The monoisotopic (exact) mass is 481 g/mol. The van der Waals surface area contributed by atoms with Gasteiger partial charge in [-0.15, -0.1) is 0 Å². The Labute approximate surface area is 205 Å². The van der Waals surface area contributed by atoms with Crippen molar-refractivity contribution in [3.63, 3.8) is 0 Å². The highest BCUT2D eigenvalue weighted by atomic mass is 35.5. The van der Waals surface area contributed by atoms with Crippen LogP contribution in [0, 0.1) is 0 Å². The molecule has 6 nitrogen and oxygen atoms in total. The van der Waals surface area contributed by atoms with E-state index in [1.807, 2.05) is 36.5 Å². The van der Waals surface area contributed by atoms with Crippen LogP contribution in [0.1, 0.15) is 29.9 Å². The molecule has 33 heavy (non-hydrogen) atoms. The quantitative estimate of drug-likeness (QED) is 0.510. The van der Waals surface area contributed by atoms with E-state index in [4.69, 9.17) is 28.6 Å². The van der Waals surface area contributed by atoms with E-state index in [2.05, 4.69) is 55.1 Å². The minimum Gasteiger partial charge on any atom is -0.379 e. The zero-order chi connectivity index (χ0) is 22.6. The van der Waals surface area contributed by atoms with Crippen molar-refractivity contribution in [3.8, 4) is 5.69 Å². The van der Waals surface area contributed by atoms with E-state index in [1.165, 1.54) is 0 Å². The van der Waals surface area contributed by atoms with Gasteiger partial charge in [0.1, 0.15) is 0 Å². The summed E-state index contributed by atoms with van der Waals surface area (Å²) >= 11 is 12.2. The first kappa shape index (κ1) is 22.3. The lowest BCUT2D eigenvalue weighted by molar-refractivity contribution is 0.0365. The van der Waals surface area contributed by atoms with Crippen molar-refractivity contribution in [3.05, 3.63) is 83.4 Å². The fourth-order valence-electron chi connectivity index (χ4n) is 4.75. The standard InChI is InChI=1S/C25H28ClN5OS/c26-19-6-3-7-20(18-19)30-12-4-9-22(30)24-23(21-8-1-2-10-27-21)28-25(33)31(24)13-5-11-29-14-16-32-17-15-29/h1-4,6-10,12,18,23-24H,5,11,13-17H2,(H,28,33)/t23-,24-/m0/s1. The summed E-state index contributed by atoms with van der Waals surface area (Å²) in [6.07, 6.45) is 4.96. The van der Waals surface area contributed by atoms with Gasteiger partial charge in [0.05, 0.1) is 31.0 Å². The molecule has 4 heterocycles. The summed E-state index contributed by atoms with van der Waals surface area (Å²) in [5.74, 6) is 0. The summed E-state index contributed by atoms with van der Waals surface area (Å²) in [5, 5.41) is 5.05. The number of nitrogens with one attached hydrogen (secondary N) is 1. The molecule has 0 amide bonds. The first-order valence-electron chi connectivity index (χ1n) is 11.4. The number of morpholine rings is 1. The molecule has 0 spiro atoms. The number of nitrogens with zero attached hydrogens (tertiary/aromatic N) is 4. The first-order valence-corrected chi connectivity index (χ1v) is 12.2. The number of benzene rings is 1. The minimum atomic E-state index is -0.0325. The van der Waals surface area contributed by atoms with Crippen molar-refractivity contribution in [2.45, 2.75) is 18.5 Å². The molecule has 172 valence electrons. The van der Waals surface area contributed by atoms with Crippen LogP contribution in [0.3, 0.4) is 0 Å². The fourth-order valence-corrected chi connectivity index (χ4v) is 5.27. The summed E-state index contributed by atoms with van der Waals surface area (Å²) in [6, 6.07) is 18.2. The lowest BCUT2D eigenvalue weighted by atomic mass is 10.0. The summed E-state index contributed by atoms with van der Waals surface area (Å²) in [7, 11) is 0. The first-order chi connectivity index (χ1) is 16.2. The molecule has 0 saturated carbocycles. The SMILES string of the molecule is S=C1N[C@@H](c2ccccn2)[C@H](c2cccn2-c2cccc(Cl)c2)N1CCCN1CCOCC1. The van der Waals surface area contributed by atoms with Gasteiger partial charge in [-0.2, -0.15) is 0 Å². The van der Waals surface area contributed by atoms with Crippen molar-refractivity contribution in [2.24, 2.45) is 0 Å². The van der Waals surface area contributed by atoms with Crippen molar-refractivity contribution in [2.75, 3.05) is 39.4 Å². The van der Waals surface area contributed by atoms with Gasteiger partial charge in [-0.1, -0.05) is 23.7 Å². The van der Waals surface area contributed by atoms with Gasteiger partial charge in [0.25, 0.3) is 0 Å². The topological polar surface area (TPSA) is 45.6 Å². The van der Waals surface area contributed by atoms with Gasteiger partial charge in [0, 0.05) is 55.0 Å². The Bertz CT molecular complexity index is 1090. The normalized spacial score (nSPS) is 21.4. The number of halogens is 1. The number of aromatic nitrogens is 2. The van der Waals surface area contributed by atoms with E-state index in [1.54, 1.807) is 0 Å². The molecule has 2 saturated heterocycles. The Morgan fingerprint density at radius 3 is 2.73 bits per heavy atom. The van der Waals surface area contributed by atoms with Gasteiger partial charge in [-0.25, -0.2) is 0 Å². The summed E-state index contributed by atoms with van der Waals surface area (Å²) in [5.41, 5.74) is 3.18. The lowest BCUT2D eigenvalue weighted by Gasteiger charge is -2.31. The molecule has 5 rings (SSSR count). The maximum Gasteiger partial charge on any atom is 0.170 e. The van der Waals surface area contributed by atoms with Gasteiger partial charge >= 0.3 is 0 Å². The second-order valence-corrected chi connectivity index (χ2v) is 9.23. The molecule has 0 bridgehead atoms. The summed E-state index contributed by atoms with van der Waals surface area (Å²) < 4.78 is 7.69. The number of ether oxygens (including phenoxy) is 1. The van der Waals surface area contributed by atoms with Crippen molar-refractivity contribution >= 4 is 28.9 Å². The van der Waals surface area contributed by atoms with Gasteiger partial charge in [-0.05, 0) is 61.1 Å². The van der Waals surface area contributed by atoms with Crippen LogP contribution < -0.4 is 5.32 Å². The molecule has 2 aromatic heterocycles. The maximum absolute atomic E-state index is 6.31. The average Bonchev–Trinajstić information content (AvgIpc) is 3.45. The molecule has 0 unspecified atom stereocenters. The van der Waals surface area contributed by atoms with Gasteiger partial charge < -0.3 is 19.5 Å². The van der Waals surface area contributed by atoms with E-state index >= 15 is 0 Å². The molecule has 1 aromatic carbocycles. The van der Waals surface area contributed by atoms with Gasteiger partial charge in [0.2, 0.25) is 0 Å². The van der Waals surface area contributed by atoms with Gasteiger partial charge in [0.15, 0.2) is 5.11 Å². The van der Waals surface area contributed by atoms with Crippen molar-refractivity contribution < 1.29 is 4.74 Å². The molecule has 2 aliphatic heterocycles. The number of hydrogen-bond donors (Lipinski definition) is 1. The smallest absolute Gasteiger partial charge is 0.170 e. The Morgan fingerprint density at radius 1 is 1.06 bits per heavy atom. The Hall–Kier alpha value is -2.45. The number of hydrogen-bond acceptors (Lipinski definition) is 4. The summed E-state index contributed by atoms with van der Waals surface area (Å²) in [4.78, 5) is 9.45. The van der Waals surface area contributed by atoms with E-state index in [0.717, 1.165) is 73.0 Å². The van der Waals surface area contributed by atoms with Crippen LogP contribution in [-0.2, 0) is 4.74 Å². The molecule has 1 N–H and O–H groups in total. The van der Waals surface area contributed by atoms with E-state index in [-0.39, 0.29) is 12.1 Å². The van der Waals surface area contributed by atoms with Crippen LogP contribution in [0.2, 0.25) is 5.02 Å². The van der Waals surface area contributed by atoms with E-state index in [0.29, 0.717) is 0 Å². The number of rotatable bonds is 7. The third-order valence-corrected chi connectivity index (χ3v) is 6.93. The highest BCUT2D eigenvalue weighted by molar-refractivity contribution is 7.80. The zero-order valence-electron chi connectivity index (χ0n) is 18.4. The largest absolute Gasteiger partial charge is 0.379 e. The average molecular weight is 482 g/mol. The molecule has 8 heteroatoms. The van der Waals surface area contributed by atoms with Crippen LogP contribution in [0.25, 0.3) is 5.69 Å². The van der Waals surface area contributed by atoms with Crippen LogP contribution in [0.5, 0.6) is 0 Å². The number of pyridine rings is 1. The predicted octanol–water partition coefficient (Wildman–Crippen LogP) is 4.22. The third kappa shape index (κ3) is 4.92. The van der Waals surface area contributed by atoms with Crippen molar-refractivity contribution in [1.82, 2.24) is 24.7 Å². The molecule has 2 aliphatic rings. The van der Waals surface area contributed by atoms with Crippen LogP contribution in [0.4, 0.5) is 0 Å². The minimum absolute atomic E-state index is 0.0195. The van der Waals surface area contributed by atoms with Crippen LogP contribution in [-0.4, -0.2) is 63.9 Å². The molecular formula is C25H28ClN5OS. The molecular weight excluding hydrogens is 454 g/mol. The molecule has 0 aliphatic carbocycles. The highest BCUT2D eigenvalue weighted by Gasteiger charge is 2.41. The second-order valence-electron chi connectivity index (χ2n) is 8.41. The Kier molecular flexibility index (Phi) is 6.92. The second kappa shape index (κ2) is 10.2. The van der Waals surface area contributed by atoms with E-state index in [9.17, 15) is 0 Å². The number of thiocarbonyl (C=S) groups is 1. The van der Waals surface area contributed by atoms with E-state index < -0.39 is 0 Å². The predicted molar refractivity (Wildman–Crippen MR) is 135 cm³/mol. The Balaban J connectivity index is 1.45. The van der Waals surface area contributed by atoms with Crippen LogP contribution in [0.15, 0.2) is 67.0 Å². The molecule has 2 fully saturated rings. The molecule has 2 atom stereocenters. The zero-order valence-corrected chi connectivity index (χ0v) is 20.0. The fraction of sp³-hybridized carbons (Fsp3) is 0.360. The van der Waals surface area contributed by atoms with Crippen LogP contribution >= 0.6 is 23.8 Å². The lowest BCUT2D eigenvalue weighted by Crippen LogP contribution is -2.39. The van der Waals surface area contributed by atoms with Crippen molar-refractivity contribution in [1.29, 1.82) is 0 Å². The van der Waals surface area contributed by atoms with Gasteiger partial charge in [-0.3, -0.25) is 9.88 Å². The third-order valence-electron chi connectivity index (χ3n) is 6.34. The maximum atomic E-state index is 6.31. The summed E-state index contributed by atoms with van der Waals surface area (Å²) in [6.45, 7) is 5.56. The molecule has 3 aromatic rings. The molecule has 0 radical (unpaired) electrons.